The van der Waals surface area contributed by atoms with Crippen molar-refractivity contribution in [2.45, 2.75) is 12.3 Å². The number of nitrogens with one attached hydrogen (secondary N) is 1. The molecule has 23 heavy (non-hydrogen) atoms. The highest BCUT2D eigenvalue weighted by atomic mass is 32.1. The van der Waals surface area contributed by atoms with Gasteiger partial charge < -0.3 is 20.5 Å². The van der Waals surface area contributed by atoms with Crippen molar-refractivity contribution in [1.29, 1.82) is 0 Å². The van der Waals surface area contributed by atoms with E-state index in [1.807, 2.05) is 18.2 Å². The molecule has 1 aliphatic rings. The van der Waals surface area contributed by atoms with Gasteiger partial charge in [-0.2, -0.15) is 0 Å². The number of thiazole rings is 1. The Morgan fingerprint density at radius 2 is 2.35 bits per heavy atom. The third-order valence-corrected chi connectivity index (χ3v) is 4.58. The molecule has 7 heteroatoms. The number of hydrogen-bond donors (Lipinski definition) is 2. The zero-order valence-corrected chi connectivity index (χ0v) is 13.5. The van der Waals surface area contributed by atoms with Gasteiger partial charge in [-0.05, 0) is 17.7 Å². The van der Waals surface area contributed by atoms with E-state index in [1.165, 1.54) is 11.3 Å². The third kappa shape index (κ3) is 3.00. The molecule has 120 valence electrons. The van der Waals surface area contributed by atoms with Crippen LogP contribution in [0.25, 0.3) is 0 Å². The summed E-state index contributed by atoms with van der Waals surface area (Å²) in [6.45, 7) is 4.03. The van der Waals surface area contributed by atoms with Gasteiger partial charge in [-0.25, -0.2) is 4.98 Å². The van der Waals surface area contributed by atoms with E-state index in [0.29, 0.717) is 35.5 Å². The Balaban J connectivity index is 2.01. The number of amides is 1. The number of methoxy groups -OCH3 is 1. The zero-order chi connectivity index (χ0) is 16.4. The van der Waals surface area contributed by atoms with Crippen LogP contribution in [0.4, 0.5) is 10.9 Å². The van der Waals surface area contributed by atoms with Crippen molar-refractivity contribution in [2.24, 2.45) is 0 Å². The molecule has 0 spiro atoms. The van der Waals surface area contributed by atoms with E-state index in [9.17, 15) is 4.79 Å². The van der Waals surface area contributed by atoms with Gasteiger partial charge in [0.2, 0.25) is 5.91 Å². The number of fused-ring (bicyclic) bond motifs is 1. The van der Waals surface area contributed by atoms with Crippen molar-refractivity contribution in [1.82, 2.24) is 4.98 Å². The molecular formula is C16H17N3O3S. The minimum absolute atomic E-state index is 0.0721. The minimum atomic E-state index is -0.0921. The maximum atomic E-state index is 11.9. The molecular weight excluding hydrogens is 314 g/mol. The van der Waals surface area contributed by atoms with E-state index in [-0.39, 0.29) is 11.8 Å². The van der Waals surface area contributed by atoms with Crippen molar-refractivity contribution < 1.29 is 14.3 Å². The average molecular weight is 331 g/mol. The van der Waals surface area contributed by atoms with Crippen LogP contribution in [-0.2, 0) is 4.79 Å². The Kier molecular flexibility index (Phi) is 4.20. The molecule has 2 heterocycles. The molecule has 1 aliphatic heterocycles. The largest absolute Gasteiger partial charge is 0.493 e. The summed E-state index contributed by atoms with van der Waals surface area (Å²) in [5, 5.41) is 3.21. The fourth-order valence-electron chi connectivity index (χ4n) is 2.58. The summed E-state index contributed by atoms with van der Waals surface area (Å²) in [4.78, 5) is 17.1. The summed E-state index contributed by atoms with van der Waals surface area (Å²) in [7, 11) is 1.59. The molecule has 1 amide bonds. The monoisotopic (exact) mass is 331 g/mol. The van der Waals surface area contributed by atoms with Gasteiger partial charge in [0.05, 0.1) is 12.0 Å². The van der Waals surface area contributed by atoms with Crippen molar-refractivity contribution in [3.8, 4) is 11.5 Å². The lowest BCUT2D eigenvalue weighted by atomic mass is 9.91. The number of anilines is 2. The molecule has 0 bridgehead atoms. The standard InChI is InChI=1S/C16H17N3O3S/c1-3-6-22-12-7-9(4-5-11(12)21-2)10-8-13(20)18-15-14(10)23-16(17)19-15/h3-5,7,10H,1,6,8H2,2H3,(H2,17,19)(H,18,20). The number of carbonyl (C=O) groups excluding carboxylic acids is 1. The molecule has 3 rings (SSSR count). The highest BCUT2D eigenvalue weighted by Gasteiger charge is 2.30. The Morgan fingerprint density at radius 1 is 1.52 bits per heavy atom. The van der Waals surface area contributed by atoms with Gasteiger partial charge in [-0.15, -0.1) is 0 Å². The van der Waals surface area contributed by atoms with Crippen LogP contribution in [0.2, 0.25) is 0 Å². The lowest BCUT2D eigenvalue weighted by Crippen LogP contribution is -2.22. The number of nitrogen functional groups attached to an aromatic ring is 1. The summed E-state index contributed by atoms with van der Waals surface area (Å²) in [6.07, 6.45) is 2.02. The van der Waals surface area contributed by atoms with Crippen LogP contribution in [0.3, 0.4) is 0 Å². The van der Waals surface area contributed by atoms with Gasteiger partial charge in [0, 0.05) is 12.3 Å². The number of rotatable bonds is 5. The lowest BCUT2D eigenvalue weighted by molar-refractivity contribution is -0.116. The van der Waals surface area contributed by atoms with Crippen LogP contribution < -0.4 is 20.5 Å². The van der Waals surface area contributed by atoms with Gasteiger partial charge in [0.15, 0.2) is 16.6 Å². The summed E-state index contributed by atoms with van der Waals surface area (Å²) in [5.74, 6) is 1.65. The van der Waals surface area contributed by atoms with E-state index in [1.54, 1.807) is 13.2 Å². The number of carbonyl (C=O) groups is 1. The predicted octanol–water partition coefficient (Wildman–Crippen LogP) is 2.77. The number of nitrogens with zero attached hydrogens (tertiary/aromatic N) is 1. The Bertz CT molecular complexity index is 757. The molecule has 0 saturated carbocycles. The molecule has 1 aromatic carbocycles. The summed E-state index contributed by atoms with van der Waals surface area (Å²) in [5.41, 5.74) is 6.75. The van der Waals surface area contributed by atoms with E-state index < -0.39 is 0 Å². The maximum absolute atomic E-state index is 11.9. The van der Waals surface area contributed by atoms with Crippen molar-refractivity contribution in [3.05, 3.63) is 41.3 Å². The molecule has 0 aliphatic carbocycles. The highest BCUT2D eigenvalue weighted by molar-refractivity contribution is 7.16. The number of hydrogen-bond acceptors (Lipinski definition) is 6. The highest BCUT2D eigenvalue weighted by Crippen LogP contribution is 2.43. The number of ether oxygens (including phenoxy) is 2. The minimum Gasteiger partial charge on any atom is -0.493 e. The quantitative estimate of drug-likeness (QED) is 0.823. The van der Waals surface area contributed by atoms with E-state index in [2.05, 4.69) is 16.9 Å². The maximum Gasteiger partial charge on any atom is 0.226 e. The summed E-state index contributed by atoms with van der Waals surface area (Å²) < 4.78 is 11.0. The van der Waals surface area contributed by atoms with Crippen LogP contribution in [0.1, 0.15) is 22.8 Å². The SMILES string of the molecule is C=CCOc1cc(C2CC(=O)Nc3nc(N)sc32)ccc1OC. The molecule has 1 aromatic heterocycles. The molecule has 0 fully saturated rings. The van der Waals surface area contributed by atoms with Gasteiger partial charge in [0.1, 0.15) is 12.4 Å². The van der Waals surface area contributed by atoms with Crippen LogP contribution in [-0.4, -0.2) is 24.6 Å². The number of benzene rings is 1. The van der Waals surface area contributed by atoms with Crippen molar-refractivity contribution in [2.75, 3.05) is 24.8 Å². The van der Waals surface area contributed by atoms with Crippen molar-refractivity contribution >= 4 is 28.2 Å². The molecule has 6 nitrogen and oxygen atoms in total. The second kappa shape index (κ2) is 6.29. The van der Waals surface area contributed by atoms with Gasteiger partial charge in [-0.1, -0.05) is 30.1 Å². The van der Waals surface area contributed by atoms with E-state index in [4.69, 9.17) is 15.2 Å². The van der Waals surface area contributed by atoms with Gasteiger partial charge in [0.25, 0.3) is 0 Å². The van der Waals surface area contributed by atoms with Crippen LogP contribution in [0.15, 0.2) is 30.9 Å². The molecule has 0 radical (unpaired) electrons. The first kappa shape index (κ1) is 15.4. The predicted molar refractivity (Wildman–Crippen MR) is 90.3 cm³/mol. The lowest BCUT2D eigenvalue weighted by Gasteiger charge is -2.22. The average Bonchev–Trinajstić information content (AvgIpc) is 2.91. The first-order valence-electron chi connectivity index (χ1n) is 7.10. The van der Waals surface area contributed by atoms with E-state index in [0.717, 1.165) is 10.4 Å². The molecule has 2 aromatic rings. The summed E-state index contributed by atoms with van der Waals surface area (Å²) >= 11 is 1.39. The third-order valence-electron chi connectivity index (χ3n) is 3.58. The zero-order valence-electron chi connectivity index (χ0n) is 12.7. The van der Waals surface area contributed by atoms with Gasteiger partial charge in [-0.3, -0.25) is 4.79 Å². The Morgan fingerprint density at radius 3 is 3.09 bits per heavy atom. The fraction of sp³-hybridized carbons (Fsp3) is 0.250. The van der Waals surface area contributed by atoms with Gasteiger partial charge >= 0.3 is 0 Å². The molecule has 1 unspecified atom stereocenters. The fourth-order valence-corrected chi connectivity index (χ4v) is 3.49. The first-order chi connectivity index (χ1) is 11.1. The summed E-state index contributed by atoms with van der Waals surface area (Å²) in [6, 6.07) is 5.66. The Hall–Kier alpha value is -2.54. The second-order valence-electron chi connectivity index (χ2n) is 5.08. The van der Waals surface area contributed by atoms with E-state index >= 15 is 0 Å². The number of nitrogens with two attached hydrogens (primary N) is 1. The number of aromatic nitrogens is 1. The molecule has 0 saturated heterocycles. The van der Waals surface area contributed by atoms with Crippen LogP contribution >= 0.6 is 11.3 Å². The molecule has 1 atom stereocenters. The normalized spacial score (nSPS) is 16.4. The topological polar surface area (TPSA) is 86.5 Å². The van der Waals surface area contributed by atoms with Crippen LogP contribution in [0.5, 0.6) is 11.5 Å². The smallest absolute Gasteiger partial charge is 0.226 e. The Labute approximate surface area is 137 Å². The molecule has 3 N–H and O–H groups in total. The first-order valence-corrected chi connectivity index (χ1v) is 7.91. The second-order valence-corrected chi connectivity index (χ2v) is 6.14. The van der Waals surface area contributed by atoms with Crippen LogP contribution in [0, 0.1) is 0 Å². The van der Waals surface area contributed by atoms with Crippen molar-refractivity contribution in [3.63, 3.8) is 0 Å².